The molecule has 11 heteroatoms. The Bertz CT molecular complexity index is 1750. The summed E-state index contributed by atoms with van der Waals surface area (Å²) in [6, 6.07) is 28.0. The third kappa shape index (κ3) is 9.33. The first-order chi connectivity index (χ1) is 21.2. The number of nitrogens with zero attached hydrogens (tertiary/aromatic N) is 2. The molecule has 4 rings (SSSR count). The molecule has 0 spiro atoms. The molecule has 0 aliphatic heterocycles. The van der Waals surface area contributed by atoms with Crippen LogP contribution in [-0.4, -0.2) is 43.3 Å². The topological polar surface area (TPSA) is 86.8 Å². The molecule has 0 fully saturated rings. The fourth-order valence-corrected chi connectivity index (χ4v) is 7.08. The molecule has 0 saturated heterocycles. The van der Waals surface area contributed by atoms with Gasteiger partial charge < -0.3 is 10.2 Å². The Labute approximate surface area is 283 Å². The number of halogens is 3. The van der Waals surface area contributed by atoms with Crippen molar-refractivity contribution in [1.29, 1.82) is 0 Å². The number of hydrogen-bond acceptors (Lipinski definition) is 4. The van der Waals surface area contributed by atoms with E-state index in [1.165, 1.54) is 35.2 Å². The number of anilines is 1. The Kier molecular flexibility index (Phi) is 11.4. The summed E-state index contributed by atoms with van der Waals surface area (Å²) < 4.78 is 30.0. The van der Waals surface area contributed by atoms with Gasteiger partial charge in [-0.25, -0.2) is 8.42 Å². The zero-order chi connectivity index (χ0) is 32.8. The Morgan fingerprint density at radius 1 is 0.844 bits per heavy atom. The first kappa shape index (κ1) is 34.5. The standard InChI is InChI=1S/C34H34BrCl2N3O4S/c1-34(2,3)38-33(42)31(20-24-11-6-4-7-12-24)39(22-25-13-10-14-26(35)19-25)32(41)23-40(30-21-27(36)17-18-29(30)37)45(43,44)28-15-8-5-9-16-28/h4-19,21,31H,20,22-23H2,1-3H3,(H,38,42)/t31-/m0/s1. The van der Waals surface area contributed by atoms with Gasteiger partial charge in [-0.15, -0.1) is 0 Å². The van der Waals surface area contributed by atoms with Crippen molar-refractivity contribution >= 4 is 66.7 Å². The summed E-state index contributed by atoms with van der Waals surface area (Å²) in [7, 11) is -4.30. The molecule has 0 saturated carbocycles. The molecule has 0 aliphatic carbocycles. The van der Waals surface area contributed by atoms with Crippen molar-refractivity contribution in [2.45, 2.75) is 50.2 Å². The van der Waals surface area contributed by atoms with Gasteiger partial charge >= 0.3 is 0 Å². The van der Waals surface area contributed by atoms with E-state index >= 15 is 0 Å². The molecule has 0 unspecified atom stereocenters. The van der Waals surface area contributed by atoms with Gasteiger partial charge in [0.1, 0.15) is 12.6 Å². The van der Waals surface area contributed by atoms with Crippen LogP contribution in [0.3, 0.4) is 0 Å². The molecule has 0 aromatic heterocycles. The van der Waals surface area contributed by atoms with Crippen molar-refractivity contribution in [2.24, 2.45) is 0 Å². The number of benzene rings is 4. The van der Waals surface area contributed by atoms with Crippen LogP contribution in [0.1, 0.15) is 31.9 Å². The molecule has 7 nitrogen and oxygen atoms in total. The van der Waals surface area contributed by atoms with Crippen molar-refractivity contribution in [1.82, 2.24) is 10.2 Å². The van der Waals surface area contributed by atoms with Gasteiger partial charge in [-0.05, 0) is 74.4 Å². The number of rotatable bonds is 11. The zero-order valence-electron chi connectivity index (χ0n) is 25.1. The number of nitrogens with one attached hydrogen (secondary N) is 1. The zero-order valence-corrected chi connectivity index (χ0v) is 29.0. The van der Waals surface area contributed by atoms with Crippen LogP contribution in [0, 0.1) is 0 Å². The van der Waals surface area contributed by atoms with Crippen molar-refractivity contribution < 1.29 is 18.0 Å². The van der Waals surface area contributed by atoms with E-state index in [2.05, 4.69) is 21.2 Å². The fraction of sp³-hybridized carbons (Fsp3) is 0.235. The van der Waals surface area contributed by atoms with E-state index in [9.17, 15) is 18.0 Å². The van der Waals surface area contributed by atoms with Gasteiger partial charge in [-0.1, -0.05) is 99.8 Å². The first-order valence-corrected chi connectivity index (χ1v) is 17.2. The SMILES string of the molecule is CC(C)(C)NC(=O)[C@H](Cc1ccccc1)N(Cc1cccc(Br)c1)C(=O)CN(c1cc(Cl)ccc1Cl)S(=O)(=O)c1ccccc1. The first-order valence-electron chi connectivity index (χ1n) is 14.2. The van der Waals surface area contributed by atoms with Gasteiger partial charge in [-0.2, -0.15) is 0 Å². The second-order valence-corrected chi connectivity index (χ2v) is 15.1. The molecule has 0 radical (unpaired) electrons. The van der Waals surface area contributed by atoms with Crippen LogP contribution >= 0.6 is 39.1 Å². The molecule has 2 amide bonds. The molecule has 45 heavy (non-hydrogen) atoms. The number of carbonyl (C=O) groups is 2. The number of carbonyl (C=O) groups excluding carboxylic acids is 2. The molecule has 1 atom stereocenters. The predicted octanol–water partition coefficient (Wildman–Crippen LogP) is 7.51. The van der Waals surface area contributed by atoms with Crippen LogP contribution in [-0.2, 0) is 32.6 Å². The predicted molar refractivity (Wildman–Crippen MR) is 184 cm³/mol. The maximum atomic E-state index is 14.5. The highest BCUT2D eigenvalue weighted by Gasteiger charge is 2.36. The van der Waals surface area contributed by atoms with Crippen LogP contribution in [0.2, 0.25) is 10.0 Å². The maximum absolute atomic E-state index is 14.5. The second-order valence-electron chi connectivity index (χ2n) is 11.5. The normalized spacial score (nSPS) is 12.3. The van der Waals surface area contributed by atoms with Crippen LogP contribution in [0.15, 0.2) is 112 Å². The van der Waals surface area contributed by atoms with Crippen molar-refractivity contribution in [3.63, 3.8) is 0 Å². The highest BCUT2D eigenvalue weighted by Crippen LogP contribution is 2.33. The van der Waals surface area contributed by atoms with Crippen molar-refractivity contribution in [3.8, 4) is 0 Å². The average Bonchev–Trinajstić information content (AvgIpc) is 2.99. The van der Waals surface area contributed by atoms with E-state index in [0.717, 1.165) is 19.9 Å². The minimum Gasteiger partial charge on any atom is -0.350 e. The summed E-state index contributed by atoms with van der Waals surface area (Å²) in [5.74, 6) is -0.969. The molecular formula is C34H34BrCl2N3O4S. The molecule has 0 aliphatic rings. The van der Waals surface area contributed by atoms with E-state index in [0.29, 0.717) is 0 Å². The highest BCUT2D eigenvalue weighted by molar-refractivity contribution is 9.10. The third-order valence-electron chi connectivity index (χ3n) is 6.80. The summed E-state index contributed by atoms with van der Waals surface area (Å²) in [5.41, 5.74) is 1.04. The van der Waals surface area contributed by atoms with Crippen LogP contribution in [0.5, 0.6) is 0 Å². The Morgan fingerprint density at radius 3 is 2.09 bits per heavy atom. The van der Waals surface area contributed by atoms with E-state index in [1.54, 1.807) is 18.2 Å². The van der Waals surface area contributed by atoms with E-state index in [-0.39, 0.29) is 39.5 Å². The summed E-state index contributed by atoms with van der Waals surface area (Å²) >= 11 is 16.3. The molecule has 4 aromatic rings. The largest absolute Gasteiger partial charge is 0.350 e. The number of hydrogen-bond donors (Lipinski definition) is 1. The van der Waals surface area contributed by atoms with Crippen molar-refractivity contribution in [3.05, 3.63) is 129 Å². The Hall–Kier alpha value is -3.37. The van der Waals surface area contributed by atoms with Gasteiger partial charge in [0.2, 0.25) is 11.8 Å². The molecular weight excluding hydrogens is 697 g/mol. The lowest BCUT2D eigenvalue weighted by atomic mass is 10.0. The highest BCUT2D eigenvalue weighted by atomic mass is 79.9. The van der Waals surface area contributed by atoms with E-state index in [4.69, 9.17) is 23.2 Å². The minimum atomic E-state index is -4.30. The van der Waals surface area contributed by atoms with Gasteiger partial charge in [-0.3, -0.25) is 13.9 Å². The summed E-state index contributed by atoms with van der Waals surface area (Å²) in [6.45, 7) is 4.98. The van der Waals surface area contributed by atoms with Gasteiger partial charge in [0.05, 0.1) is 15.6 Å². The summed E-state index contributed by atoms with van der Waals surface area (Å²) in [4.78, 5) is 29.9. The Morgan fingerprint density at radius 2 is 1.47 bits per heavy atom. The minimum absolute atomic E-state index is 0.0290. The second kappa shape index (κ2) is 14.8. The van der Waals surface area contributed by atoms with Gasteiger partial charge in [0.25, 0.3) is 10.0 Å². The van der Waals surface area contributed by atoms with Crippen molar-refractivity contribution in [2.75, 3.05) is 10.8 Å². The lowest BCUT2D eigenvalue weighted by Crippen LogP contribution is -2.56. The molecule has 0 bridgehead atoms. The Balaban J connectivity index is 1.84. The third-order valence-corrected chi connectivity index (χ3v) is 9.62. The van der Waals surface area contributed by atoms with Crippen LogP contribution in [0.4, 0.5) is 5.69 Å². The molecule has 4 aromatic carbocycles. The summed E-state index contributed by atoms with van der Waals surface area (Å²) in [6.07, 6.45) is 0.200. The van der Waals surface area contributed by atoms with Crippen LogP contribution < -0.4 is 9.62 Å². The van der Waals surface area contributed by atoms with Gasteiger partial charge in [0, 0.05) is 28.0 Å². The monoisotopic (exact) mass is 729 g/mol. The maximum Gasteiger partial charge on any atom is 0.264 e. The fourth-order valence-electron chi connectivity index (χ4n) is 4.75. The molecule has 1 N–H and O–H groups in total. The van der Waals surface area contributed by atoms with Crippen LogP contribution in [0.25, 0.3) is 0 Å². The smallest absolute Gasteiger partial charge is 0.264 e. The van der Waals surface area contributed by atoms with E-state index < -0.39 is 34.1 Å². The molecule has 0 heterocycles. The summed E-state index contributed by atoms with van der Waals surface area (Å²) in [5, 5.41) is 3.35. The van der Waals surface area contributed by atoms with Gasteiger partial charge in [0.15, 0.2) is 0 Å². The average molecular weight is 732 g/mol. The van der Waals surface area contributed by atoms with E-state index in [1.807, 2.05) is 75.4 Å². The quantitative estimate of drug-likeness (QED) is 0.173. The lowest BCUT2D eigenvalue weighted by molar-refractivity contribution is -0.140. The number of sulfonamides is 1. The lowest BCUT2D eigenvalue weighted by Gasteiger charge is -2.35. The molecule has 236 valence electrons. The number of amides is 2.